The maximum Gasteiger partial charge on any atom is 0.241 e. The van der Waals surface area contributed by atoms with Crippen LogP contribution in [0.4, 0.5) is 5.69 Å². The van der Waals surface area contributed by atoms with Crippen molar-refractivity contribution in [1.82, 2.24) is 14.7 Å². The average Bonchev–Trinajstić information content (AvgIpc) is 2.92. The second-order valence-electron chi connectivity index (χ2n) is 4.71. The van der Waals surface area contributed by atoms with E-state index < -0.39 is 16.1 Å². The summed E-state index contributed by atoms with van der Waals surface area (Å²) in [6.07, 6.45) is 3.25. The molecule has 0 radical (unpaired) electrons. The zero-order valence-electron chi connectivity index (χ0n) is 11.7. The maximum absolute atomic E-state index is 12.3. The van der Waals surface area contributed by atoms with Gasteiger partial charge in [0.2, 0.25) is 10.0 Å². The Morgan fingerprint density at radius 1 is 1.25 bits per heavy atom. The monoisotopic (exact) mass is 294 g/mol. The highest BCUT2D eigenvalue weighted by Gasteiger charge is 2.19. The zero-order chi connectivity index (χ0) is 14.8. The van der Waals surface area contributed by atoms with Crippen LogP contribution in [0.2, 0.25) is 0 Å². The number of nitrogens with one attached hydrogen (secondary N) is 2. The number of rotatable bonds is 5. The Balaban J connectivity index is 2.18. The van der Waals surface area contributed by atoms with Crippen LogP contribution in [0, 0.1) is 0 Å². The molecule has 1 heterocycles. The summed E-state index contributed by atoms with van der Waals surface area (Å²) in [5.41, 5.74) is 0.947. The molecule has 20 heavy (non-hydrogen) atoms. The van der Waals surface area contributed by atoms with Gasteiger partial charge in [-0.1, -0.05) is 0 Å². The number of H-pyrrole nitrogens is 1. The molecule has 0 amide bonds. The van der Waals surface area contributed by atoms with Crippen LogP contribution in [0.3, 0.4) is 0 Å². The predicted octanol–water partition coefficient (Wildman–Crippen LogP) is 1.52. The fourth-order valence-electron chi connectivity index (χ4n) is 1.79. The summed E-state index contributed by atoms with van der Waals surface area (Å²) < 4.78 is 27.1. The van der Waals surface area contributed by atoms with Gasteiger partial charge in [-0.25, -0.2) is 18.1 Å². The molecule has 0 fully saturated rings. The standard InChI is InChI=1S/C13H18N4O2S/c1-10(13-14-8-9-15-13)16-20(18,19)12-6-4-11(5-7-12)17(2)3/h4-10,16H,1-3H3,(H,14,15)/t10-/m1/s1. The number of aromatic nitrogens is 2. The number of sulfonamides is 1. The lowest BCUT2D eigenvalue weighted by Gasteiger charge is -2.14. The largest absolute Gasteiger partial charge is 0.378 e. The van der Waals surface area contributed by atoms with Gasteiger partial charge in [-0.2, -0.15) is 0 Å². The molecule has 2 aromatic rings. The van der Waals surface area contributed by atoms with Gasteiger partial charge in [0.15, 0.2) is 0 Å². The minimum atomic E-state index is -3.56. The molecule has 1 aromatic heterocycles. The molecule has 108 valence electrons. The first-order valence-electron chi connectivity index (χ1n) is 6.19. The molecule has 0 saturated carbocycles. The Labute approximate surface area is 118 Å². The lowest BCUT2D eigenvalue weighted by molar-refractivity contribution is 0.561. The SMILES string of the molecule is C[C@@H](NS(=O)(=O)c1ccc(N(C)C)cc1)c1ncc[nH]1. The fourth-order valence-corrected chi connectivity index (χ4v) is 3.00. The van der Waals surface area contributed by atoms with Crippen molar-refractivity contribution in [3.63, 3.8) is 0 Å². The number of hydrogen-bond donors (Lipinski definition) is 2. The van der Waals surface area contributed by atoms with E-state index in [1.54, 1.807) is 43.6 Å². The number of anilines is 1. The van der Waals surface area contributed by atoms with Gasteiger partial charge in [0, 0.05) is 32.2 Å². The molecule has 0 unspecified atom stereocenters. The van der Waals surface area contributed by atoms with Crippen LogP contribution in [0.1, 0.15) is 18.8 Å². The molecule has 6 nitrogen and oxygen atoms in total. The number of aromatic amines is 1. The third-order valence-electron chi connectivity index (χ3n) is 2.92. The summed E-state index contributed by atoms with van der Waals surface area (Å²) in [5.74, 6) is 0.582. The lowest BCUT2D eigenvalue weighted by Crippen LogP contribution is -2.27. The summed E-state index contributed by atoms with van der Waals surface area (Å²) in [4.78, 5) is 9.08. The quantitative estimate of drug-likeness (QED) is 0.876. The van der Waals surface area contributed by atoms with E-state index in [1.807, 2.05) is 19.0 Å². The minimum absolute atomic E-state index is 0.238. The van der Waals surface area contributed by atoms with Gasteiger partial charge in [0.25, 0.3) is 0 Å². The van der Waals surface area contributed by atoms with Gasteiger partial charge < -0.3 is 9.88 Å². The molecule has 1 atom stereocenters. The molecule has 0 spiro atoms. The van der Waals surface area contributed by atoms with Gasteiger partial charge >= 0.3 is 0 Å². The van der Waals surface area contributed by atoms with E-state index in [0.29, 0.717) is 5.82 Å². The van der Waals surface area contributed by atoms with E-state index in [9.17, 15) is 8.42 Å². The molecule has 0 aliphatic rings. The first kappa shape index (κ1) is 14.5. The Morgan fingerprint density at radius 3 is 2.40 bits per heavy atom. The summed E-state index contributed by atoms with van der Waals surface area (Å²) in [7, 11) is 0.250. The van der Waals surface area contributed by atoms with Crippen molar-refractivity contribution >= 4 is 15.7 Å². The van der Waals surface area contributed by atoms with Crippen molar-refractivity contribution in [2.75, 3.05) is 19.0 Å². The Morgan fingerprint density at radius 2 is 1.90 bits per heavy atom. The highest BCUT2D eigenvalue weighted by molar-refractivity contribution is 7.89. The summed E-state index contributed by atoms with van der Waals surface area (Å²) in [6.45, 7) is 1.74. The van der Waals surface area contributed by atoms with E-state index in [0.717, 1.165) is 5.69 Å². The van der Waals surface area contributed by atoms with E-state index in [1.165, 1.54) is 0 Å². The molecule has 1 aromatic carbocycles. The van der Waals surface area contributed by atoms with Crippen molar-refractivity contribution < 1.29 is 8.42 Å². The van der Waals surface area contributed by atoms with Crippen molar-refractivity contribution in [3.8, 4) is 0 Å². The fraction of sp³-hybridized carbons (Fsp3) is 0.308. The maximum atomic E-state index is 12.3. The summed E-state index contributed by atoms with van der Waals surface area (Å²) in [6, 6.07) is 6.31. The highest BCUT2D eigenvalue weighted by atomic mass is 32.2. The molecule has 0 aliphatic heterocycles. The summed E-state index contributed by atoms with van der Waals surface area (Å²) in [5, 5.41) is 0. The highest BCUT2D eigenvalue weighted by Crippen LogP contribution is 2.18. The van der Waals surface area contributed by atoms with E-state index in [-0.39, 0.29) is 4.90 Å². The minimum Gasteiger partial charge on any atom is -0.378 e. The van der Waals surface area contributed by atoms with Crippen LogP contribution >= 0.6 is 0 Å². The zero-order valence-corrected chi connectivity index (χ0v) is 12.5. The van der Waals surface area contributed by atoms with Crippen LogP contribution < -0.4 is 9.62 Å². The molecule has 0 bridgehead atoms. The van der Waals surface area contributed by atoms with Crippen LogP contribution in [0.5, 0.6) is 0 Å². The topological polar surface area (TPSA) is 78.1 Å². The van der Waals surface area contributed by atoms with E-state index in [2.05, 4.69) is 14.7 Å². The number of hydrogen-bond acceptors (Lipinski definition) is 4. The van der Waals surface area contributed by atoms with E-state index in [4.69, 9.17) is 0 Å². The second kappa shape index (κ2) is 5.64. The van der Waals surface area contributed by atoms with Crippen LogP contribution in [0.15, 0.2) is 41.6 Å². The second-order valence-corrected chi connectivity index (χ2v) is 6.42. The Bertz CT molecular complexity index is 648. The smallest absolute Gasteiger partial charge is 0.241 e. The van der Waals surface area contributed by atoms with Crippen LogP contribution in [-0.4, -0.2) is 32.5 Å². The van der Waals surface area contributed by atoms with Gasteiger partial charge in [0.1, 0.15) is 5.82 Å². The Hall–Kier alpha value is -1.86. The van der Waals surface area contributed by atoms with Crippen LogP contribution in [0.25, 0.3) is 0 Å². The molecule has 2 N–H and O–H groups in total. The third-order valence-corrected chi connectivity index (χ3v) is 4.48. The number of imidazole rings is 1. The molecule has 0 aliphatic carbocycles. The van der Waals surface area contributed by atoms with E-state index >= 15 is 0 Å². The third kappa shape index (κ3) is 3.17. The predicted molar refractivity (Wildman–Crippen MR) is 78.1 cm³/mol. The van der Waals surface area contributed by atoms with Crippen LogP contribution in [-0.2, 0) is 10.0 Å². The first-order valence-corrected chi connectivity index (χ1v) is 7.67. The average molecular weight is 294 g/mol. The number of benzene rings is 1. The molecule has 7 heteroatoms. The molecule has 0 saturated heterocycles. The summed E-state index contributed by atoms with van der Waals surface area (Å²) >= 11 is 0. The van der Waals surface area contributed by atoms with Gasteiger partial charge in [-0.15, -0.1) is 0 Å². The first-order chi connectivity index (χ1) is 9.40. The molecular formula is C13H18N4O2S. The van der Waals surface area contributed by atoms with Gasteiger partial charge in [-0.05, 0) is 31.2 Å². The van der Waals surface area contributed by atoms with Crippen molar-refractivity contribution in [3.05, 3.63) is 42.5 Å². The molecule has 2 rings (SSSR count). The molecular weight excluding hydrogens is 276 g/mol. The van der Waals surface area contributed by atoms with Crippen molar-refractivity contribution in [2.45, 2.75) is 17.9 Å². The Kier molecular flexibility index (Phi) is 4.10. The normalized spacial score (nSPS) is 13.2. The van der Waals surface area contributed by atoms with Crippen molar-refractivity contribution in [2.24, 2.45) is 0 Å². The number of nitrogens with zero attached hydrogens (tertiary/aromatic N) is 2. The van der Waals surface area contributed by atoms with Gasteiger partial charge in [-0.3, -0.25) is 0 Å². The lowest BCUT2D eigenvalue weighted by atomic mass is 10.3. The van der Waals surface area contributed by atoms with Gasteiger partial charge in [0.05, 0.1) is 10.9 Å². The van der Waals surface area contributed by atoms with Crippen molar-refractivity contribution in [1.29, 1.82) is 0 Å².